The predicted octanol–water partition coefficient (Wildman–Crippen LogP) is 3.41. The smallest absolute Gasteiger partial charge is 0.265 e. The van der Waals surface area contributed by atoms with Crippen LogP contribution in [0, 0.1) is 0 Å². The lowest BCUT2D eigenvalue weighted by atomic mass is 9.99. The summed E-state index contributed by atoms with van der Waals surface area (Å²) in [6.07, 6.45) is 0.958. The largest absolute Gasteiger partial charge is 0.321 e. The van der Waals surface area contributed by atoms with Gasteiger partial charge in [-0.3, -0.25) is 4.79 Å². The summed E-state index contributed by atoms with van der Waals surface area (Å²) < 4.78 is 0.969. The molecule has 5 heteroatoms. The lowest BCUT2D eigenvalue weighted by Crippen LogP contribution is -2.25. The zero-order chi connectivity index (χ0) is 13.2. The van der Waals surface area contributed by atoms with E-state index in [2.05, 4.69) is 32.6 Å². The fourth-order valence-corrected chi connectivity index (χ4v) is 3.55. The van der Waals surface area contributed by atoms with E-state index in [4.69, 9.17) is 0 Å². The number of anilines is 1. The molecule has 2 heterocycles. The summed E-state index contributed by atoms with van der Waals surface area (Å²) in [6.45, 7) is 1.84. The number of amides is 1. The number of fused-ring (bicyclic) bond motifs is 1. The first kappa shape index (κ1) is 12.8. The van der Waals surface area contributed by atoms with E-state index >= 15 is 0 Å². The fraction of sp³-hybridized carbons (Fsp3) is 0.214. The maximum atomic E-state index is 12.2. The molecule has 0 unspecified atom stereocenters. The summed E-state index contributed by atoms with van der Waals surface area (Å²) in [7, 11) is 0. The van der Waals surface area contributed by atoms with Gasteiger partial charge in [0.2, 0.25) is 0 Å². The van der Waals surface area contributed by atoms with Crippen LogP contribution in [-0.2, 0) is 13.0 Å². The number of hydrogen-bond acceptors (Lipinski definition) is 3. The van der Waals surface area contributed by atoms with Crippen molar-refractivity contribution >= 4 is 38.9 Å². The molecule has 0 fully saturated rings. The third-order valence-electron chi connectivity index (χ3n) is 3.19. The second-order valence-corrected chi connectivity index (χ2v) is 6.89. The van der Waals surface area contributed by atoms with Gasteiger partial charge in [0.1, 0.15) is 0 Å². The van der Waals surface area contributed by atoms with Crippen LogP contribution < -0.4 is 10.6 Å². The lowest BCUT2D eigenvalue weighted by molar-refractivity contribution is 0.103. The van der Waals surface area contributed by atoms with Gasteiger partial charge in [-0.15, -0.1) is 11.3 Å². The van der Waals surface area contributed by atoms with Crippen LogP contribution in [0.3, 0.4) is 0 Å². The normalized spacial score (nSPS) is 13.9. The maximum absolute atomic E-state index is 12.2. The van der Waals surface area contributed by atoms with Crippen molar-refractivity contribution in [2.24, 2.45) is 0 Å². The van der Waals surface area contributed by atoms with Gasteiger partial charge < -0.3 is 10.6 Å². The highest BCUT2D eigenvalue weighted by atomic mass is 79.9. The van der Waals surface area contributed by atoms with Gasteiger partial charge in [0.15, 0.2) is 0 Å². The van der Waals surface area contributed by atoms with Crippen molar-refractivity contribution in [3.05, 3.63) is 50.1 Å². The molecule has 0 saturated heterocycles. The highest BCUT2D eigenvalue weighted by Crippen LogP contribution is 2.26. The molecule has 1 aliphatic heterocycles. The predicted molar refractivity (Wildman–Crippen MR) is 81.8 cm³/mol. The Labute approximate surface area is 124 Å². The molecular formula is C14H13BrN2OS. The van der Waals surface area contributed by atoms with Gasteiger partial charge in [0.25, 0.3) is 5.91 Å². The van der Waals surface area contributed by atoms with Crippen LogP contribution in [0.5, 0.6) is 0 Å². The third-order valence-corrected chi connectivity index (χ3v) is 4.81. The first-order valence-electron chi connectivity index (χ1n) is 6.12. The summed E-state index contributed by atoms with van der Waals surface area (Å²) in [5.41, 5.74) is 3.47. The van der Waals surface area contributed by atoms with E-state index in [1.807, 2.05) is 24.3 Å². The van der Waals surface area contributed by atoms with Gasteiger partial charge in [0, 0.05) is 12.2 Å². The van der Waals surface area contributed by atoms with E-state index in [0.717, 1.165) is 33.9 Å². The molecular weight excluding hydrogens is 324 g/mol. The Morgan fingerprint density at radius 3 is 3.00 bits per heavy atom. The summed E-state index contributed by atoms with van der Waals surface area (Å²) in [5.74, 6) is -0.0392. The molecule has 1 amide bonds. The van der Waals surface area contributed by atoms with Crippen LogP contribution in [0.2, 0.25) is 0 Å². The Hall–Kier alpha value is -1.17. The van der Waals surface area contributed by atoms with Gasteiger partial charge in [-0.25, -0.2) is 0 Å². The topological polar surface area (TPSA) is 41.1 Å². The van der Waals surface area contributed by atoms with E-state index < -0.39 is 0 Å². The molecule has 2 aromatic rings. The molecule has 0 bridgehead atoms. The second-order valence-electron chi connectivity index (χ2n) is 4.43. The van der Waals surface area contributed by atoms with Gasteiger partial charge in [-0.1, -0.05) is 12.1 Å². The number of halogens is 1. The summed E-state index contributed by atoms with van der Waals surface area (Å²) in [5, 5.41) is 6.36. The molecule has 2 N–H and O–H groups in total. The SMILES string of the molecule is O=C(Nc1cccc2c1CCNC2)c1ccc(Br)s1. The number of nitrogens with one attached hydrogen (secondary N) is 2. The molecule has 3 nitrogen and oxygen atoms in total. The van der Waals surface area contributed by atoms with E-state index in [1.165, 1.54) is 22.5 Å². The third kappa shape index (κ3) is 2.73. The molecule has 1 aliphatic rings. The quantitative estimate of drug-likeness (QED) is 0.882. The number of thiophene rings is 1. The van der Waals surface area contributed by atoms with Crippen LogP contribution in [0.4, 0.5) is 5.69 Å². The fourth-order valence-electron chi connectivity index (χ4n) is 2.27. The molecule has 98 valence electrons. The second kappa shape index (κ2) is 5.45. The molecule has 19 heavy (non-hydrogen) atoms. The number of hydrogen-bond donors (Lipinski definition) is 2. The minimum absolute atomic E-state index is 0.0392. The molecule has 1 aromatic carbocycles. The average molecular weight is 337 g/mol. The van der Waals surface area contributed by atoms with Crippen molar-refractivity contribution in [3.8, 4) is 0 Å². The highest BCUT2D eigenvalue weighted by Gasteiger charge is 2.15. The van der Waals surface area contributed by atoms with Crippen LogP contribution in [-0.4, -0.2) is 12.5 Å². The van der Waals surface area contributed by atoms with Gasteiger partial charge in [-0.2, -0.15) is 0 Å². The van der Waals surface area contributed by atoms with E-state index in [-0.39, 0.29) is 5.91 Å². The van der Waals surface area contributed by atoms with Crippen LogP contribution in [0.25, 0.3) is 0 Å². The number of benzene rings is 1. The van der Waals surface area contributed by atoms with Crippen molar-refractivity contribution in [3.63, 3.8) is 0 Å². The Balaban J connectivity index is 1.85. The van der Waals surface area contributed by atoms with E-state index in [1.54, 1.807) is 0 Å². The summed E-state index contributed by atoms with van der Waals surface area (Å²) in [4.78, 5) is 12.9. The Bertz CT molecular complexity index is 624. The van der Waals surface area contributed by atoms with Crippen molar-refractivity contribution in [2.75, 3.05) is 11.9 Å². The monoisotopic (exact) mass is 336 g/mol. The van der Waals surface area contributed by atoms with E-state index in [9.17, 15) is 4.79 Å². The Morgan fingerprint density at radius 2 is 2.21 bits per heavy atom. The Kier molecular flexibility index (Phi) is 3.68. The molecule has 3 rings (SSSR count). The molecule has 0 atom stereocenters. The zero-order valence-corrected chi connectivity index (χ0v) is 12.6. The molecule has 0 aliphatic carbocycles. The van der Waals surface area contributed by atoms with Crippen molar-refractivity contribution < 1.29 is 4.79 Å². The molecule has 0 spiro atoms. The summed E-state index contributed by atoms with van der Waals surface area (Å²) >= 11 is 4.82. The minimum Gasteiger partial charge on any atom is -0.321 e. The van der Waals surface area contributed by atoms with E-state index in [0.29, 0.717) is 0 Å². The molecule has 0 radical (unpaired) electrons. The van der Waals surface area contributed by atoms with Crippen LogP contribution >= 0.6 is 27.3 Å². The van der Waals surface area contributed by atoms with Crippen molar-refractivity contribution in [1.29, 1.82) is 0 Å². The van der Waals surface area contributed by atoms with Gasteiger partial charge in [0.05, 0.1) is 8.66 Å². The maximum Gasteiger partial charge on any atom is 0.265 e. The summed E-state index contributed by atoms with van der Waals surface area (Å²) in [6, 6.07) is 9.81. The molecule has 0 saturated carbocycles. The standard InChI is InChI=1S/C14H13BrN2OS/c15-13-5-4-12(19-13)14(18)17-11-3-1-2-9-8-16-7-6-10(9)11/h1-5,16H,6-8H2,(H,17,18). The average Bonchev–Trinajstić information content (AvgIpc) is 2.86. The van der Waals surface area contributed by atoms with Crippen molar-refractivity contribution in [1.82, 2.24) is 5.32 Å². The van der Waals surface area contributed by atoms with Crippen LogP contribution in [0.1, 0.15) is 20.8 Å². The lowest BCUT2D eigenvalue weighted by Gasteiger charge is -2.20. The number of rotatable bonds is 2. The Morgan fingerprint density at radius 1 is 1.32 bits per heavy atom. The first-order valence-corrected chi connectivity index (χ1v) is 7.73. The van der Waals surface area contributed by atoms with Crippen molar-refractivity contribution in [2.45, 2.75) is 13.0 Å². The first-order chi connectivity index (χ1) is 9.24. The zero-order valence-electron chi connectivity index (χ0n) is 10.2. The highest BCUT2D eigenvalue weighted by molar-refractivity contribution is 9.11. The van der Waals surface area contributed by atoms with Gasteiger partial charge in [-0.05, 0) is 58.2 Å². The van der Waals surface area contributed by atoms with Crippen LogP contribution in [0.15, 0.2) is 34.1 Å². The minimum atomic E-state index is -0.0392. The number of carbonyl (C=O) groups is 1. The van der Waals surface area contributed by atoms with Gasteiger partial charge >= 0.3 is 0 Å². The number of carbonyl (C=O) groups excluding carboxylic acids is 1. The molecule has 1 aromatic heterocycles.